The predicted octanol–water partition coefficient (Wildman–Crippen LogP) is 3.13. The van der Waals surface area contributed by atoms with Gasteiger partial charge in [0, 0.05) is 0 Å². The maximum atomic E-state index is 11.7. The van der Waals surface area contributed by atoms with E-state index in [1.807, 2.05) is 0 Å². The van der Waals surface area contributed by atoms with Crippen LogP contribution in [-0.4, -0.2) is 19.2 Å². The van der Waals surface area contributed by atoms with E-state index in [0.717, 1.165) is 11.3 Å². The summed E-state index contributed by atoms with van der Waals surface area (Å²) in [5.41, 5.74) is 0. The van der Waals surface area contributed by atoms with Gasteiger partial charge in [0.2, 0.25) is 14.2 Å². The van der Waals surface area contributed by atoms with Crippen LogP contribution in [0.4, 0.5) is 8.78 Å². The maximum Gasteiger partial charge on any atom is 0.266 e. The van der Waals surface area contributed by atoms with Crippen molar-refractivity contribution < 1.29 is 17.2 Å². The molecule has 0 fully saturated rings. The topological polar surface area (TPSA) is 47.0 Å². The van der Waals surface area contributed by atoms with Gasteiger partial charge in [-0.2, -0.15) is 8.78 Å². The van der Waals surface area contributed by atoms with Gasteiger partial charge in [-0.1, -0.05) is 22.9 Å². The van der Waals surface area contributed by atoms with Crippen LogP contribution < -0.4 is 0 Å². The molecule has 1 rings (SSSR count). The van der Waals surface area contributed by atoms with E-state index in [0.29, 0.717) is 6.08 Å². The summed E-state index contributed by atoms with van der Waals surface area (Å²) in [6, 6.07) is 0. The number of hydrogen-bond donors (Lipinski definition) is 0. The van der Waals surface area contributed by atoms with Crippen molar-refractivity contribution >= 4 is 32.8 Å². The second kappa shape index (κ2) is 5.70. The highest BCUT2D eigenvalue weighted by Crippen LogP contribution is 2.23. The van der Waals surface area contributed by atoms with Gasteiger partial charge in [0.25, 0.3) is 6.08 Å². The number of nitrogens with zero attached hydrogens (tertiary/aromatic N) is 1. The summed E-state index contributed by atoms with van der Waals surface area (Å²) in [6.07, 6.45) is 0.317. The Morgan fingerprint density at radius 1 is 1.56 bits per heavy atom. The third kappa shape index (κ3) is 4.15. The van der Waals surface area contributed by atoms with E-state index in [2.05, 4.69) is 4.98 Å². The highest BCUT2D eigenvalue weighted by molar-refractivity contribution is 7.93. The predicted molar refractivity (Wildman–Crippen MR) is 58.7 cm³/mol. The lowest BCUT2D eigenvalue weighted by molar-refractivity contribution is 0.417. The molecule has 0 spiro atoms. The van der Waals surface area contributed by atoms with Gasteiger partial charge in [-0.25, -0.2) is 13.4 Å². The van der Waals surface area contributed by atoms with Crippen LogP contribution >= 0.6 is 22.9 Å². The van der Waals surface area contributed by atoms with Gasteiger partial charge >= 0.3 is 0 Å². The number of allylic oxidation sites excluding steroid dienone is 1. The number of aromatic nitrogens is 1. The average Bonchev–Trinajstić information content (AvgIpc) is 2.60. The SMILES string of the molecule is O=S(=O)(CCCC=C(F)F)c1ncc(Cl)s1. The van der Waals surface area contributed by atoms with Crippen LogP contribution in [0.1, 0.15) is 12.8 Å². The van der Waals surface area contributed by atoms with Crippen molar-refractivity contribution in [2.45, 2.75) is 17.2 Å². The molecule has 0 N–H and O–H groups in total. The molecule has 90 valence electrons. The number of thiazole rings is 1. The molecule has 0 aromatic carbocycles. The Balaban J connectivity index is 2.57. The first-order chi connectivity index (χ1) is 7.42. The Morgan fingerprint density at radius 2 is 2.25 bits per heavy atom. The quantitative estimate of drug-likeness (QED) is 0.782. The molecule has 16 heavy (non-hydrogen) atoms. The molecule has 0 radical (unpaired) electrons. The van der Waals surface area contributed by atoms with Gasteiger partial charge < -0.3 is 0 Å². The molecule has 0 aliphatic heterocycles. The minimum absolute atomic E-state index is 0.0284. The van der Waals surface area contributed by atoms with Crippen molar-refractivity contribution in [2.75, 3.05) is 5.75 Å². The lowest BCUT2D eigenvalue weighted by atomic mass is 10.3. The van der Waals surface area contributed by atoms with Crippen LogP contribution in [0.3, 0.4) is 0 Å². The van der Waals surface area contributed by atoms with Crippen molar-refractivity contribution in [2.24, 2.45) is 0 Å². The highest BCUT2D eigenvalue weighted by Gasteiger charge is 2.17. The van der Waals surface area contributed by atoms with Crippen LogP contribution in [-0.2, 0) is 9.84 Å². The summed E-state index contributed by atoms with van der Waals surface area (Å²) >= 11 is 6.41. The van der Waals surface area contributed by atoms with Gasteiger partial charge in [0.05, 0.1) is 11.9 Å². The van der Waals surface area contributed by atoms with E-state index in [1.165, 1.54) is 6.20 Å². The summed E-state index contributed by atoms with van der Waals surface area (Å²) in [4.78, 5) is 3.64. The lowest BCUT2D eigenvalue weighted by Crippen LogP contribution is -2.05. The van der Waals surface area contributed by atoms with Crippen molar-refractivity contribution in [3.05, 3.63) is 22.7 Å². The Morgan fingerprint density at radius 3 is 2.75 bits per heavy atom. The molecule has 0 bridgehead atoms. The second-order valence-corrected chi connectivity index (χ2v) is 6.83. The number of sulfone groups is 1. The normalized spacial score (nSPS) is 11.4. The molecule has 1 aromatic rings. The third-order valence-electron chi connectivity index (χ3n) is 1.64. The minimum atomic E-state index is -3.49. The smallest absolute Gasteiger partial charge is 0.232 e. The summed E-state index contributed by atoms with van der Waals surface area (Å²) in [7, 11) is -3.49. The fraction of sp³-hybridized carbons (Fsp3) is 0.375. The fourth-order valence-corrected chi connectivity index (χ4v) is 3.70. The fourth-order valence-electron chi connectivity index (χ4n) is 0.955. The molecular weight excluding hydrogens is 280 g/mol. The van der Waals surface area contributed by atoms with Gasteiger partial charge in [0.1, 0.15) is 4.34 Å². The van der Waals surface area contributed by atoms with Gasteiger partial charge in [-0.05, 0) is 18.9 Å². The number of hydrogen-bond acceptors (Lipinski definition) is 4. The number of halogens is 3. The molecule has 8 heteroatoms. The second-order valence-electron chi connectivity index (χ2n) is 2.89. The van der Waals surface area contributed by atoms with E-state index in [1.54, 1.807) is 0 Å². The third-order valence-corrected chi connectivity index (χ3v) is 5.02. The summed E-state index contributed by atoms with van der Waals surface area (Å²) in [6.45, 7) is 0. The van der Waals surface area contributed by atoms with Crippen LogP contribution in [0.25, 0.3) is 0 Å². The molecule has 0 saturated heterocycles. The van der Waals surface area contributed by atoms with E-state index in [9.17, 15) is 17.2 Å². The summed E-state index contributed by atoms with van der Waals surface area (Å²) in [5, 5.41) is 0. The van der Waals surface area contributed by atoms with Crippen molar-refractivity contribution in [1.29, 1.82) is 0 Å². The summed E-state index contributed by atoms with van der Waals surface area (Å²) < 4.78 is 46.7. The Hall–Kier alpha value is -0.530. The monoisotopic (exact) mass is 287 g/mol. The molecule has 1 aromatic heterocycles. The molecule has 1 heterocycles. The molecule has 0 saturated carbocycles. The molecule has 3 nitrogen and oxygen atoms in total. The first kappa shape index (κ1) is 13.5. The first-order valence-electron chi connectivity index (χ1n) is 4.27. The zero-order valence-corrected chi connectivity index (χ0v) is 10.4. The number of rotatable bonds is 5. The van der Waals surface area contributed by atoms with E-state index < -0.39 is 15.9 Å². The van der Waals surface area contributed by atoms with Crippen LogP contribution in [0.5, 0.6) is 0 Å². The van der Waals surface area contributed by atoms with E-state index in [4.69, 9.17) is 11.6 Å². The lowest BCUT2D eigenvalue weighted by Gasteiger charge is -1.97. The van der Waals surface area contributed by atoms with Crippen LogP contribution in [0.2, 0.25) is 4.34 Å². The average molecular weight is 288 g/mol. The standard InChI is InChI=1S/C8H8ClF2NO2S2/c9-6-5-12-8(15-6)16(13,14)4-2-1-3-7(10)11/h3,5H,1-2,4H2. The molecule has 0 unspecified atom stereocenters. The van der Waals surface area contributed by atoms with Gasteiger partial charge in [0.15, 0.2) is 0 Å². The zero-order valence-electron chi connectivity index (χ0n) is 7.99. The van der Waals surface area contributed by atoms with Crippen LogP contribution in [0.15, 0.2) is 22.7 Å². The maximum absolute atomic E-state index is 11.7. The molecule has 0 aliphatic carbocycles. The molecule has 0 aliphatic rings. The van der Waals surface area contributed by atoms with E-state index in [-0.39, 0.29) is 27.3 Å². The highest BCUT2D eigenvalue weighted by atomic mass is 35.5. The van der Waals surface area contributed by atoms with Crippen molar-refractivity contribution in [1.82, 2.24) is 4.98 Å². The first-order valence-corrected chi connectivity index (χ1v) is 7.12. The Kier molecular flexibility index (Phi) is 4.82. The zero-order chi connectivity index (χ0) is 12.2. The Labute approximate surface area is 101 Å². The molecule has 0 amide bonds. The van der Waals surface area contributed by atoms with Gasteiger partial charge in [-0.3, -0.25) is 0 Å². The van der Waals surface area contributed by atoms with Gasteiger partial charge in [-0.15, -0.1) is 0 Å². The molecular formula is C8H8ClF2NO2S2. The largest absolute Gasteiger partial charge is 0.266 e. The van der Waals surface area contributed by atoms with Crippen LogP contribution in [0, 0.1) is 0 Å². The Bertz CT molecular complexity index is 480. The minimum Gasteiger partial charge on any atom is -0.232 e. The number of unbranched alkanes of at least 4 members (excludes halogenated alkanes) is 1. The summed E-state index contributed by atoms with van der Waals surface area (Å²) in [5.74, 6) is -0.208. The van der Waals surface area contributed by atoms with Crippen molar-refractivity contribution in [3.8, 4) is 0 Å². The molecule has 0 atom stereocenters. The van der Waals surface area contributed by atoms with E-state index >= 15 is 0 Å². The van der Waals surface area contributed by atoms with Crippen molar-refractivity contribution in [3.63, 3.8) is 0 Å².